The maximum atomic E-state index is 6.32. The van der Waals surface area contributed by atoms with Crippen molar-refractivity contribution in [2.45, 2.75) is 26.1 Å². The third-order valence-electron chi connectivity index (χ3n) is 4.89. The second-order valence-electron chi connectivity index (χ2n) is 6.63. The van der Waals surface area contributed by atoms with E-state index in [2.05, 4.69) is 98.8 Å². The lowest BCUT2D eigenvalue weighted by Gasteiger charge is -2.20. The molecule has 0 aromatic heterocycles. The van der Waals surface area contributed by atoms with E-state index in [1.54, 1.807) is 0 Å². The van der Waals surface area contributed by atoms with Gasteiger partial charge < -0.3 is 4.74 Å². The smallest absolute Gasteiger partial charge is 0.0805 e. The summed E-state index contributed by atoms with van der Waals surface area (Å²) < 4.78 is 6.32. The first-order chi connectivity index (χ1) is 12.2. The first-order valence-corrected chi connectivity index (χ1v) is 8.83. The van der Waals surface area contributed by atoms with E-state index in [-0.39, 0.29) is 12.2 Å². The van der Waals surface area contributed by atoms with Gasteiger partial charge in [0.1, 0.15) is 0 Å². The van der Waals surface area contributed by atoms with E-state index in [1.165, 1.54) is 32.7 Å². The Bertz CT molecular complexity index is 935. The predicted octanol–water partition coefficient (Wildman–Crippen LogP) is 6.83. The van der Waals surface area contributed by atoms with Gasteiger partial charge in [-0.3, -0.25) is 0 Å². The molecule has 1 nitrogen and oxygen atoms in total. The van der Waals surface area contributed by atoms with E-state index < -0.39 is 0 Å². The van der Waals surface area contributed by atoms with Gasteiger partial charge in [-0.1, -0.05) is 72.8 Å². The van der Waals surface area contributed by atoms with Crippen LogP contribution < -0.4 is 0 Å². The Morgan fingerprint density at radius 1 is 0.520 bits per heavy atom. The van der Waals surface area contributed by atoms with Gasteiger partial charge >= 0.3 is 0 Å². The van der Waals surface area contributed by atoms with Gasteiger partial charge in [0.15, 0.2) is 0 Å². The van der Waals surface area contributed by atoms with E-state index in [0.29, 0.717) is 0 Å². The monoisotopic (exact) mass is 326 g/mol. The summed E-state index contributed by atoms with van der Waals surface area (Å²) >= 11 is 0. The lowest BCUT2D eigenvalue weighted by atomic mass is 10.0. The van der Waals surface area contributed by atoms with Gasteiger partial charge in [-0.15, -0.1) is 0 Å². The second-order valence-corrected chi connectivity index (χ2v) is 6.63. The summed E-state index contributed by atoms with van der Waals surface area (Å²) in [6, 6.07) is 30.0. The molecular weight excluding hydrogens is 304 g/mol. The number of benzene rings is 4. The van der Waals surface area contributed by atoms with Crippen LogP contribution in [0.5, 0.6) is 0 Å². The summed E-state index contributed by atoms with van der Waals surface area (Å²) in [6.45, 7) is 4.25. The van der Waals surface area contributed by atoms with E-state index >= 15 is 0 Å². The molecule has 0 amide bonds. The minimum atomic E-state index is 0.0473. The Morgan fingerprint density at radius 3 is 1.36 bits per heavy atom. The Kier molecular flexibility index (Phi) is 4.25. The number of rotatable bonds is 4. The van der Waals surface area contributed by atoms with E-state index in [9.17, 15) is 0 Å². The minimum Gasteiger partial charge on any atom is -0.366 e. The summed E-state index contributed by atoms with van der Waals surface area (Å²) in [5, 5.41) is 5.05. The van der Waals surface area contributed by atoms with Crippen molar-refractivity contribution in [2.24, 2.45) is 0 Å². The fourth-order valence-electron chi connectivity index (χ4n) is 3.38. The highest BCUT2D eigenvalue weighted by Gasteiger charge is 2.13. The summed E-state index contributed by atoms with van der Waals surface area (Å²) in [6.07, 6.45) is 0.0946. The first-order valence-electron chi connectivity index (χ1n) is 8.83. The Hall–Kier alpha value is -2.64. The van der Waals surface area contributed by atoms with Crippen molar-refractivity contribution in [1.29, 1.82) is 0 Å². The van der Waals surface area contributed by atoms with Crippen LogP contribution in [0.2, 0.25) is 0 Å². The number of fused-ring (bicyclic) bond motifs is 2. The topological polar surface area (TPSA) is 9.23 Å². The molecule has 0 saturated carbocycles. The van der Waals surface area contributed by atoms with Gasteiger partial charge in [0, 0.05) is 0 Å². The highest BCUT2D eigenvalue weighted by Crippen LogP contribution is 2.29. The van der Waals surface area contributed by atoms with Crippen molar-refractivity contribution in [3.63, 3.8) is 0 Å². The van der Waals surface area contributed by atoms with Crippen LogP contribution in [0.15, 0.2) is 84.9 Å². The molecular formula is C24H22O. The second kappa shape index (κ2) is 6.70. The average Bonchev–Trinajstić information content (AvgIpc) is 2.67. The standard InChI is InChI=1S/C24H22O/c1-17(21-13-11-19-7-3-5-9-23(19)15-21)25-18(2)22-14-12-20-8-4-6-10-24(20)16-22/h3-18H,1-2H3/t17-,18-/m0/s1. The molecule has 0 radical (unpaired) electrons. The minimum absolute atomic E-state index is 0.0473. The van der Waals surface area contributed by atoms with Crippen molar-refractivity contribution in [1.82, 2.24) is 0 Å². The molecule has 0 aliphatic heterocycles. The largest absolute Gasteiger partial charge is 0.366 e. The molecule has 4 rings (SSSR count). The molecule has 4 aromatic carbocycles. The van der Waals surface area contributed by atoms with Crippen LogP contribution in [0.3, 0.4) is 0 Å². The van der Waals surface area contributed by atoms with Crippen LogP contribution in [0.4, 0.5) is 0 Å². The van der Waals surface area contributed by atoms with Crippen molar-refractivity contribution in [2.75, 3.05) is 0 Å². The molecule has 124 valence electrons. The molecule has 25 heavy (non-hydrogen) atoms. The Labute approximate surface area is 148 Å². The first kappa shape index (κ1) is 15.9. The predicted molar refractivity (Wildman–Crippen MR) is 106 cm³/mol. The maximum Gasteiger partial charge on any atom is 0.0805 e. The quantitative estimate of drug-likeness (QED) is 0.399. The van der Waals surface area contributed by atoms with Crippen molar-refractivity contribution in [3.8, 4) is 0 Å². The van der Waals surface area contributed by atoms with Crippen LogP contribution in [0, 0.1) is 0 Å². The lowest BCUT2D eigenvalue weighted by Crippen LogP contribution is -2.05. The Morgan fingerprint density at radius 2 is 0.920 bits per heavy atom. The summed E-state index contributed by atoms with van der Waals surface area (Å²) in [5.41, 5.74) is 2.43. The SMILES string of the molecule is C[C@H](O[C@@H](C)c1ccc2ccccc2c1)c1ccc2ccccc2c1. The van der Waals surface area contributed by atoms with Crippen LogP contribution >= 0.6 is 0 Å². The zero-order valence-corrected chi connectivity index (χ0v) is 14.6. The van der Waals surface area contributed by atoms with E-state index in [1.807, 2.05) is 0 Å². The molecule has 4 aromatic rings. The molecule has 0 N–H and O–H groups in total. The number of hydrogen-bond donors (Lipinski definition) is 0. The molecule has 0 bridgehead atoms. The molecule has 1 heteroatoms. The summed E-state index contributed by atoms with van der Waals surface area (Å²) in [5.74, 6) is 0. The third-order valence-corrected chi connectivity index (χ3v) is 4.89. The molecule has 0 spiro atoms. The normalized spacial score (nSPS) is 13.8. The molecule has 2 atom stereocenters. The van der Waals surface area contributed by atoms with Gasteiger partial charge in [-0.05, 0) is 58.7 Å². The highest BCUT2D eigenvalue weighted by molar-refractivity contribution is 5.83. The van der Waals surface area contributed by atoms with Crippen LogP contribution in [-0.2, 0) is 4.74 Å². The van der Waals surface area contributed by atoms with Crippen molar-refractivity contribution >= 4 is 21.5 Å². The highest BCUT2D eigenvalue weighted by atomic mass is 16.5. The van der Waals surface area contributed by atoms with Gasteiger partial charge in [-0.2, -0.15) is 0 Å². The van der Waals surface area contributed by atoms with E-state index in [0.717, 1.165) is 0 Å². The summed E-state index contributed by atoms with van der Waals surface area (Å²) in [7, 11) is 0. The third kappa shape index (κ3) is 3.29. The Balaban J connectivity index is 1.56. The maximum absolute atomic E-state index is 6.32. The molecule has 0 aliphatic rings. The van der Waals surface area contributed by atoms with E-state index in [4.69, 9.17) is 4.74 Å². The van der Waals surface area contributed by atoms with Crippen LogP contribution in [0.25, 0.3) is 21.5 Å². The number of ether oxygens (including phenoxy) is 1. The van der Waals surface area contributed by atoms with Crippen molar-refractivity contribution in [3.05, 3.63) is 96.1 Å². The number of hydrogen-bond acceptors (Lipinski definition) is 1. The molecule has 0 fully saturated rings. The van der Waals surface area contributed by atoms with Gasteiger partial charge in [0.05, 0.1) is 12.2 Å². The van der Waals surface area contributed by atoms with Gasteiger partial charge in [0.25, 0.3) is 0 Å². The molecule has 0 unspecified atom stereocenters. The molecule has 0 saturated heterocycles. The van der Waals surface area contributed by atoms with Crippen LogP contribution in [-0.4, -0.2) is 0 Å². The fraction of sp³-hybridized carbons (Fsp3) is 0.167. The van der Waals surface area contributed by atoms with Crippen molar-refractivity contribution < 1.29 is 4.74 Å². The van der Waals surface area contributed by atoms with Crippen LogP contribution in [0.1, 0.15) is 37.2 Å². The zero-order valence-electron chi connectivity index (χ0n) is 14.6. The molecule has 0 heterocycles. The van der Waals surface area contributed by atoms with Gasteiger partial charge in [-0.25, -0.2) is 0 Å². The zero-order chi connectivity index (χ0) is 17.2. The summed E-state index contributed by atoms with van der Waals surface area (Å²) in [4.78, 5) is 0. The fourth-order valence-corrected chi connectivity index (χ4v) is 3.38. The average molecular weight is 326 g/mol. The van der Waals surface area contributed by atoms with Gasteiger partial charge in [0.2, 0.25) is 0 Å². The molecule has 0 aliphatic carbocycles. The lowest BCUT2D eigenvalue weighted by molar-refractivity contribution is 0.00600.